The molecule has 3 aliphatic carbocycles. The molecule has 0 saturated heterocycles. The number of hydrogen-bond donors (Lipinski definition) is 1. The molecule has 0 bridgehead atoms. The minimum Gasteiger partial charge on any atom is -0.331 e. The highest BCUT2D eigenvalue weighted by molar-refractivity contribution is 6.93. The normalized spacial score (nSPS) is 19.3. The van der Waals surface area contributed by atoms with E-state index in [1.807, 2.05) is 19.1 Å². The maximum atomic E-state index is 4.26. The van der Waals surface area contributed by atoms with Gasteiger partial charge in [-0.25, -0.2) is 0 Å². The summed E-state index contributed by atoms with van der Waals surface area (Å²) >= 11 is 0. The van der Waals surface area contributed by atoms with Crippen molar-refractivity contribution in [1.29, 1.82) is 0 Å². The smallest absolute Gasteiger partial charge is 0.152 e. The number of nitrogens with one attached hydrogen (secondary N) is 1. The van der Waals surface area contributed by atoms with Crippen molar-refractivity contribution in [2.75, 3.05) is 0 Å². The molecule has 0 amide bonds. The monoisotopic (exact) mass is 473 g/mol. The Balaban J connectivity index is 0.000000588. The van der Waals surface area contributed by atoms with E-state index in [-0.39, 0.29) is 0 Å². The van der Waals surface area contributed by atoms with Gasteiger partial charge < -0.3 is 4.98 Å². The Morgan fingerprint density at radius 3 is 2.09 bits per heavy atom. The standard InChI is InChI=1S/C27H39NSi.C5H8/c1-21-18-24-19-22-14-13-15-23(22)20-26(24)27(21)29(2,3)28-25-16-11-9-7-5-4-6-8-10-12-17-25;1-3-5-4-2/h13-15,18-20,25,28H,4-12,16-17H2,1-3H3;3-5H,1H2,2H3. The Morgan fingerprint density at radius 2 is 1.53 bits per heavy atom. The molecule has 4 rings (SSSR count). The first kappa shape index (κ1) is 26.7. The van der Waals surface area contributed by atoms with Gasteiger partial charge in [0.1, 0.15) is 0 Å². The molecule has 2 heteroatoms. The summed E-state index contributed by atoms with van der Waals surface area (Å²) in [6, 6.07) is 5.54. The Labute approximate surface area is 210 Å². The molecule has 0 atom stereocenters. The van der Waals surface area contributed by atoms with Crippen LogP contribution in [0.15, 0.2) is 48.6 Å². The molecule has 3 aliphatic rings. The van der Waals surface area contributed by atoms with Gasteiger partial charge in [0.15, 0.2) is 8.24 Å². The van der Waals surface area contributed by atoms with E-state index in [4.69, 9.17) is 0 Å². The van der Waals surface area contributed by atoms with Crippen molar-refractivity contribution in [3.05, 3.63) is 70.2 Å². The van der Waals surface area contributed by atoms with Gasteiger partial charge in [-0.3, -0.25) is 0 Å². The predicted molar refractivity (Wildman–Crippen MR) is 156 cm³/mol. The summed E-state index contributed by atoms with van der Waals surface area (Å²) in [6.07, 6.45) is 30.3. The average molecular weight is 474 g/mol. The van der Waals surface area contributed by atoms with Gasteiger partial charge in [0.05, 0.1) is 0 Å². The third-order valence-electron chi connectivity index (χ3n) is 7.47. The fraction of sp³-hybridized carbons (Fsp3) is 0.500. The molecule has 184 valence electrons. The maximum Gasteiger partial charge on any atom is 0.152 e. The first-order valence-electron chi connectivity index (χ1n) is 13.7. The lowest BCUT2D eigenvalue weighted by Gasteiger charge is -2.33. The van der Waals surface area contributed by atoms with E-state index in [1.54, 1.807) is 11.3 Å². The third kappa shape index (κ3) is 7.30. The van der Waals surface area contributed by atoms with Crippen LogP contribution in [0.25, 0.3) is 23.4 Å². The highest BCUT2D eigenvalue weighted by Crippen LogP contribution is 2.31. The van der Waals surface area contributed by atoms with Crippen molar-refractivity contribution >= 4 is 31.7 Å². The molecular weight excluding hydrogens is 426 g/mol. The van der Waals surface area contributed by atoms with E-state index in [9.17, 15) is 0 Å². The highest BCUT2D eigenvalue weighted by atomic mass is 28.3. The molecule has 1 aromatic carbocycles. The third-order valence-corrected chi connectivity index (χ3v) is 10.5. The molecule has 0 aromatic heterocycles. The van der Waals surface area contributed by atoms with Crippen molar-refractivity contribution in [3.8, 4) is 0 Å². The maximum absolute atomic E-state index is 4.26. The van der Waals surface area contributed by atoms with Crippen LogP contribution < -0.4 is 15.4 Å². The molecule has 1 saturated carbocycles. The van der Waals surface area contributed by atoms with Crippen LogP contribution in [0.3, 0.4) is 0 Å². The number of rotatable bonds is 4. The summed E-state index contributed by atoms with van der Waals surface area (Å²) in [5.41, 5.74) is 4.37. The van der Waals surface area contributed by atoms with Gasteiger partial charge in [-0.15, -0.1) is 0 Å². The largest absolute Gasteiger partial charge is 0.331 e. The van der Waals surface area contributed by atoms with E-state index in [1.165, 1.54) is 97.8 Å². The zero-order valence-corrected chi connectivity index (χ0v) is 23.3. The second-order valence-electron chi connectivity index (χ2n) is 10.8. The summed E-state index contributed by atoms with van der Waals surface area (Å²) in [5, 5.41) is 4.46. The molecule has 0 heterocycles. The number of allylic oxidation sites excluding steroid dienone is 5. The lowest BCUT2D eigenvalue weighted by atomic mass is 9.98. The lowest BCUT2D eigenvalue weighted by Crippen LogP contribution is -2.52. The van der Waals surface area contributed by atoms with Gasteiger partial charge in [-0.05, 0) is 71.2 Å². The SMILES string of the molecule is C=CC=CC.CC1=C([Si](C)(C)NC2CCCCCCCCCCC2)c2cc3c(cc2=C1)C=CC=3. The second-order valence-corrected chi connectivity index (χ2v) is 14.8. The first-order valence-corrected chi connectivity index (χ1v) is 16.7. The average Bonchev–Trinajstić information content (AvgIpc) is 3.37. The minimum absolute atomic E-state index is 0.697. The Hall–Kier alpha value is -1.90. The zero-order chi connectivity index (χ0) is 24.4. The van der Waals surface area contributed by atoms with Gasteiger partial charge in [0, 0.05) is 6.04 Å². The predicted octanol–water partition coefficient (Wildman–Crippen LogP) is 7.82. The van der Waals surface area contributed by atoms with Crippen molar-refractivity contribution in [3.63, 3.8) is 0 Å². The Morgan fingerprint density at radius 1 is 0.912 bits per heavy atom. The number of fused-ring (bicyclic) bond motifs is 2. The molecule has 1 fully saturated rings. The van der Waals surface area contributed by atoms with Gasteiger partial charge >= 0.3 is 0 Å². The van der Waals surface area contributed by atoms with Crippen molar-refractivity contribution in [1.82, 2.24) is 4.98 Å². The van der Waals surface area contributed by atoms with Crippen LogP contribution in [-0.2, 0) is 0 Å². The van der Waals surface area contributed by atoms with E-state index >= 15 is 0 Å². The molecule has 1 aromatic rings. The quantitative estimate of drug-likeness (QED) is 0.347. The van der Waals surface area contributed by atoms with Crippen molar-refractivity contribution < 1.29 is 0 Å². The van der Waals surface area contributed by atoms with Gasteiger partial charge in [0.25, 0.3) is 0 Å². The van der Waals surface area contributed by atoms with E-state index < -0.39 is 8.24 Å². The van der Waals surface area contributed by atoms with E-state index in [2.05, 4.69) is 68.0 Å². The summed E-state index contributed by atoms with van der Waals surface area (Å²) < 4.78 is 0. The molecular formula is C32H47NSi. The lowest BCUT2D eigenvalue weighted by molar-refractivity contribution is 0.444. The fourth-order valence-electron chi connectivity index (χ4n) is 5.90. The molecule has 0 radical (unpaired) electrons. The summed E-state index contributed by atoms with van der Waals surface area (Å²) in [6.45, 7) is 12.8. The number of hydrogen-bond acceptors (Lipinski definition) is 1. The molecule has 34 heavy (non-hydrogen) atoms. The van der Waals surface area contributed by atoms with Crippen LogP contribution in [0.1, 0.15) is 95.6 Å². The van der Waals surface area contributed by atoms with Crippen LogP contribution in [0, 0.1) is 0 Å². The number of benzene rings is 1. The first-order chi connectivity index (χ1) is 16.5. The topological polar surface area (TPSA) is 12.0 Å². The van der Waals surface area contributed by atoms with Gasteiger partial charge in [-0.2, -0.15) is 0 Å². The highest BCUT2D eigenvalue weighted by Gasteiger charge is 2.33. The molecule has 1 nitrogen and oxygen atoms in total. The molecule has 0 spiro atoms. The molecule has 0 aliphatic heterocycles. The van der Waals surface area contributed by atoms with Crippen molar-refractivity contribution in [2.45, 2.75) is 104 Å². The summed E-state index contributed by atoms with van der Waals surface area (Å²) in [4.78, 5) is 4.26. The van der Waals surface area contributed by atoms with E-state index in [0.717, 1.165) is 0 Å². The second kappa shape index (κ2) is 13.3. The van der Waals surface area contributed by atoms with Crippen LogP contribution >= 0.6 is 0 Å². The fourth-order valence-corrected chi connectivity index (χ4v) is 9.31. The minimum atomic E-state index is -1.73. The Bertz CT molecular complexity index is 1030. The van der Waals surface area contributed by atoms with Crippen molar-refractivity contribution in [2.24, 2.45) is 0 Å². The van der Waals surface area contributed by atoms with Crippen LogP contribution in [0.5, 0.6) is 0 Å². The van der Waals surface area contributed by atoms with Gasteiger partial charge in [0.2, 0.25) is 0 Å². The van der Waals surface area contributed by atoms with E-state index in [0.29, 0.717) is 6.04 Å². The zero-order valence-electron chi connectivity index (χ0n) is 22.3. The van der Waals surface area contributed by atoms with Crippen LogP contribution in [0.4, 0.5) is 0 Å². The Kier molecular flexibility index (Phi) is 10.4. The summed E-state index contributed by atoms with van der Waals surface area (Å²) in [5.74, 6) is 0. The van der Waals surface area contributed by atoms with Gasteiger partial charge in [-0.1, -0.05) is 120 Å². The van der Waals surface area contributed by atoms with Crippen LogP contribution in [0.2, 0.25) is 13.1 Å². The molecule has 1 N–H and O–H groups in total. The molecule has 0 unspecified atom stereocenters. The van der Waals surface area contributed by atoms with Crippen LogP contribution in [-0.4, -0.2) is 14.3 Å². The summed E-state index contributed by atoms with van der Waals surface area (Å²) in [7, 11) is -1.73.